The Balaban J connectivity index is 1.78. The molecular weight excluding hydrogens is 283 g/mol. The van der Waals surface area contributed by atoms with Crippen LogP contribution in [-0.2, 0) is 10.2 Å². The molecule has 1 aromatic carbocycles. The van der Waals surface area contributed by atoms with Crippen molar-refractivity contribution >= 4 is 5.78 Å². The van der Waals surface area contributed by atoms with Crippen molar-refractivity contribution < 1.29 is 13.7 Å². The van der Waals surface area contributed by atoms with Gasteiger partial charge in [0.05, 0.1) is 0 Å². The molecule has 0 unspecified atom stereocenters. The highest BCUT2D eigenvalue weighted by atomic mass is 19.1. The number of halogens is 1. The van der Waals surface area contributed by atoms with Gasteiger partial charge in [0.25, 0.3) is 0 Å². The summed E-state index contributed by atoms with van der Waals surface area (Å²) in [6.07, 6.45) is 2.39. The highest BCUT2D eigenvalue weighted by Gasteiger charge is 2.67. The molecule has 0 saturated heterocycles. The first-order chi connectivity index (χ1) is 10.4. The number of nitrogens with zero attached hydrogens (tertiary/aromatic N) is 2. The first-order valence-electron chi connectivity index (χ1n) is 7.58. The molecule has 2 bridgehead atoms. The number of rotatable bonds is 2. The molecule has 0 amide bonds. The van der Waals surface area contributed by atoms with Gasteiger partial charge in [-0.15, -0.1) is 0 Å². The average Bonchev–Trinajstić information content (AvgIpc) is 3.10. The van der Waals surface area contributed by atoms with Crippen LogP contribution in [0.4, 0.5) is 4.39 Å². The van der Waals surface area contributed by atoms with Gasteiger partial charge < -0.3 is 4.52 Å². The van der Waals surface area contributed by atoms with Crippen LogP contribution in [0.3, 0.4) is 0 Å². The van der Waals surface area contributed by atoms with Crippen molar-refractivity contribution in [3.63, 3.8) is 0 Å². The summed E-state index contributed by atoms with van der Waals surface area (Å²) in [5.74, 6) is 1.12. The predicted octanol–water partition coefficient (Wildman–Crippen LogP) is 3.52. The minimum Gasteiger partial charge on any atom is -0.338 e. The van der Waals surface area contributed by atoms with Gasteiger partial charge in [0, 0.05) is 12.0 Å². The molecule has 2 atom stereocenters. The SMILES string of the molecule is CC1(C)[C@@H]2CC[C@@]1(c1nc(-c3ccc(F)cc3)no1)C(=O)C2. The third kappa shape index (κ3) is 1.54. The monoisotopic (exact) mass is 300 g/mol. The number of carbonyl (C=O) groups excluding carboxylic acids is 1. The number of hydrogen-bond acceptors (Lipinski definition) is 4. The highest BCUT2D eigenvalue weighted by Crippen LogP contribution is 2.64. The van der Waals surface area contributed by atoms with Crippen molar-refractivity contribution in [2.45, 2.75) is 38.5 Å². The lowest BCUT2D eigenvalue weighted by Crippen LogP contribution is -2.40. The van der Waals surface area contributed by atoms with Crippen molar-refractivity contribution in [1.82, 2.24) is 10.1 Å². The maximum Gasteiger partial charge on any atom is 0.241 e. The van der Waals surface area contributed by atoms with Crippen LogP contribution in [-0.4, -0.2) is 15.9 Å². The van der Waals surface area contributed by atoms with Gasteiger partial charge in [-0.3, -0.25) is 4.79 Å². The Morgan fingerprint density at radius 3 is 2.59 bits per heavy atom. The third-order valence-corrected chi connectivity index (χ3v) is 5.79. The van der Waals surface area contributed by atoms with Crippen molar-refractivity contribution in [2.24, 2.45) is 11.3 Å². The van der Waals surface area contributed by atoms with Gasteiger partial charge in [-0.2, -0.15) is 4.98 Å². The van der Waals surface area contributed by atoms with Crippen LogP contribution in [0.25, 0.3) is 11.4 Å². The second-order valence-corrected chi connectivity index (χ2v) is 6.92. The van der Waals surface area contributed by atoms with E-state index in [0.717, 1.165) is 12.8 Å². The first-order valence-corrected chi connectivity index (χ1v) is 7.58. The molecule has 4 nitrogen and oxygen atoms in total. The summed E-state index contributed by atoms with van der Waals surface area (Å²) in [5.41, 5.74) is -0.120. The molecule has 0 aliphatic heterocycles. The normalized spacial score (nSPS) is 29.2. The van der Waals surface area contributed by atoms with Crippen LogP contribution in [0.1, 0.15) is 39.0 Å². The van der Waals surface area contributed by atoms with Crippen molar-refractivity contribution in [2.75, 3.05) is 0 Å². The second-order valence-electron chi connectivity index (χ2n) is 6.92. The maximum absolute atomic E-state index is 13.0. The van der Waals surface area contributed by atoms with E-state index in [1.165, 1.54) is 12.1 Å². The number of fused-ring (bicyclic) bond motifs is 2. The first kappa shape index (κ1) is 13.6. The Labute approximate surface area is 127 Å². The van der Waals surface area contributed by atoms with Gasteiger partial charge in [0.15, 0.2) is 0 Å². The Morgan fingerprint density at radius 1 is 1.27 bits per heavy atom. The van der Waals surface area contributed by atoms with E-state index in [9.17, 15) is 9.18 Å². The molecule has 5 heteroatoms. The van der Waals surface area contributed by atoms with Crippen LogP contribution in [0.15, 0.2) is 28.8 Å². The predicted molar refractivity (Wildman–Crippen MR) is 77.5 cm³/mol. The molecule has 2 aliphatic carbocycles. The molecule has 2 saturated carbocycles. The maximum atomic E-state index is 13.0. The molecule has 1 aromatic heterocycles. The second kappa shape index (κ2) is 4.24. The number of Topliss-reactive ketones (excluding diaryl/α,β-unsaturated/α-hetero) is 1. The van der Waals surface area contributed by atoms with Gasteiger partial charge in [-0.1, -0.05) is 19.0 Å². The number of ketones is 1. The molecular formula is C17H17FN2O2. The molecule has 2 aliphatic rings. The minimum atomic E-state index is -0.650. The Hall–Kier alpha value is -2.04. The standard InChI is InChI=1S/C17H17FN2O2/c1-16(2)11-7-8-17(16,13(21)9-11)15-19-14(20-22-15)10-3-5-12(18)6-4-10/h3-6,11H,7-9H2,1-2H3/t11-,17+/m1/s1. The van der Waals surface area contributed by atoms with E-state index in [2.05, 4.69) is 24.0 Å². The Bertz CT molecular complexity index is 750. The fourth-order valence-corrected chi connectivity index (χ4v) is 4.29. The lowest BCUT2D eigenvalue weighted by Gasteiger charge is -2.32. The summed E-state index contributed by atoms with van der Waals surface area (Å²) in [7, 11) is 0. The van der Waals surface area contributed by atoms with Gasteiger partial charge in [-0.05, 0) is 48.4 Å². The van der Waals surface area contributed by atoms with Gasteiger partial charge in [0.1, 0.15) is 17.0 Å². The van der Waals surface area contributed by atoms with Crippen LogP contribution in [0.2, 0.25) is 0 Å². The highest BCUT2D eigenvalue weighted by molar-refractivity contribution is 5.94. The van der Waals surface area contributed by atoms with Gasteiger partial charge in [-0.25, -0.2) is 4.39 Å². The summed E-state index contributed by atoms with van der Waals surface area (Å²) in [5, 5.41) is 4.01. The quantitative estimate of drug-likeness (QED) is 0.851. The molecule has 114 valence electrons. The van der Waals surface area contributed by atoms with Crippen molar-refractivity contribution in [3.8, 4) is 11.4 Å². The van der Waals surface area contributed by atoms with E-state index in [-0.39, 0.29) is 17.0 Å². The summed E-state index contributed by atoms with van der Waals surface area (Å²) in [6, 6.07) is 5.95. The van der Waals surface area contributed by atoms with Crippen LogP contribution in [0, 0.1) is 17.2 Å². The lowest BCUT2D eigenvalue weighted by atomic mass is 9.69. The van der Waals surface area contributed by atoms with Gasteiger partial charge in [0.2, 0.25) is 11.7 Å². The summed E-state index contributed by atoms with van der Waals surface area (Å²) >= 11 is 0. The van der Waals surface area contributed by atoms with Crippen LogP contribution < -0.4 is 0 Å². The van der Waals surface area contributed by atoms with E-state index in [1.54, 1.807) is 12.1 Å². The van der Waals surface area contributed by atoms with E-state index >= 15 is 0 Å². The fraction of sp³-hybridized carbons (Fsp3) is 0.471. The molecule has 2 aromatic rings. The molecule has 0 spiro atoms. The topological polar surface area (TPSA) is 56.0 Å². The molecule has 0 N–H and O–H groups in total. The molecule has 4 rings (SSSR count). The van der Waals surface area contributed by atoms with Crippen LogP contribution >= 0.6 is 0 Å². The number of carbonyl (C=O) groups is 1. The van der Waals surface area contributed by atoms with E-state index in [1.807, 2.05) is 0 Å². The van der Waals surface area contributed by atoms with Gasteiger partial charge >= 0.3 is 0 Å². The fourth-order valence-electron chi connectivity index (χ4n) is 4.29. The number of hydrogen-bond donors (Lipinski definition) is 0. The van der Waals surface area contributed by atoms with Crippen LogP contribution in [0.5, 0.6) is 0 Å². The Kier molecular flexibility index (Phi) is 2.63. The summed E-state index contributed by atoms with van der Waals surface area (Å²) in [6.45, 7) is 4.24. The Morgan fingerprint density at radius 2 is 2.00 bits per heavy atom. The zero-order chi connectivity index (χ0) is 15.5. The van der Waals surface area contributed by atoms with Crippen molar-refractivity contribution in [3.05, 3.63) is 36.0 Å². The summed E-state index contributed by atoms with van der Waals surface area (Å²) < 4.78 is 18.5. The average molecular weight is 300 g/mol. The minimum absolute atomic E-state index is 0.156. The number of aromatic nitrogens is 2. The van der Waals surface area contributed by atoms with Crippen molar-refractivity contribution in [1.29, 1.82) is 0 Å². The largest absolute Gasteiger partial charge is 0.338 e. The zero-order valence-corrected chi connectivity index (χ0v) is 12.6. The van der Waals surface area contributed by atoms with E-state index < -0.39 is 5.41 Å². The smallest absolute Gasteiger partial charge is 0.241 e. The lowest BCUT2D eigenvalue weighted by molar-refractivity contribution is -0.125. The molecule has 22 heavy (non-hydrogen) atoms. The molecule has 0 radical (unpaired) electrons. The van der Waals surface area contributed by atoms with E-state index in [0.29, 0.717) is 29.6 Å². The molecule has 2 fully saturated rings. The number of benzene rings is 1. The zero-order valence-electron chi connectivity index (χ0n) is 12.6. The van der Waals surface area contributed by atoms with E-state index in [4.69, 9.17) is 4.52 Å². The molecule has 1 heterocycles. The summed E-state index contributed by atoms with van der Waals surface area (Å²) in [4.78, 5) is 17.1. The third-order valence-electron chi connectivity index (χ3n) is 5.79.